The Bertz CT molecular complexity index is 465. The minimum absolute atomic E-state index is 0.254. The van der Waals surface area contributed by atoms with Crippen LogP contribution >= 0.6 is 0 Å². The Morgan fingerprint density at radius 2 is 2.23 bits per heavy atom. The molecule has 0 bridgehead atoms. The molecule has 6 nitrogen and oxygen atoms in total. The summed E-state index contributed by atoms with van der Waals surface area (Å²) in [5, 5.41) is 2.67. The summed E-state index contributed by atoms with van der Waals surface area (Å²) in [5.74, 6) is -0.0818. The highest BCUT2D eigenvalue weighted by Gasteiger charge is 2.13. The van der Waals surface area contributed by atoms with Crippen LogP contribution in [0.5, 0.6) is 0 Å². The Kier molecular flexibility index (Phi) is 6.96. The van der Waals surface area contributed by atoms with E-state index < -0.39 is 0 Å². The second-order valence-electron chi connectivity index (χ2n) is 5.37. The Hall–Kier alpha value is -1.82. The van der Waals surface area contributed by atoms with E-state index in [0.717, 1.165) is 26.1 Å². The molecule has 22 heavy (non-hydrogen) atoms. The van der Waals surface area contributed by atoms with Gasteiger partial charge in [0.1, 0.15) is 0 Å². The van der Waals surface area contributed by atoms with Gasteiger partial charge in [-0.05, 0) is 44.5 Å². The van der Waals surface area contributed by atoms with Crippen molar-refractivity contribution in [1.82, 2.24) is 10.2 Å². The molecule has 1 aromatic heterocycles. The molecule has 1 fully saturated rings. The Balaban J connectivity index is 1.84. The first-order valence-corrected chi connectivity index (χ1v) is 8.04. The van der Waals surface area contributed by atoms with Crippen molar-refractivity contribution in [2.45, 2.75) is 32.6 Å². The van der Waals surface area contributed by atoms with Crippen LogP contribution in [0.4, 0.5) is 0 Å². The van der Waals surface area contributed by atoms with E-state index in [9.17, 15) is 4.79 Å². The fourth-order valence-electron chi connectivity index (χ4n) is 2.36. The number of carbonyl (C=O) groups is 1. The van der Waals surface area contributed by atoms with Crippen LogP contribution in [-0.4, -0.2) is 49.6 Å². The zero-order valence-electron chi connectivity index (χ0n) is 13.2. The second-order valence-corrected chi connectivity index (χ2v) is 5.37. The fraction of sp³-hybridized carbons (Fsp3) is 0.625. The maximum Gasteiger partial charge on any atom is 0.294 e. The number of nitrogens with zero attached hydrogens (tertiary/aromatic N) is 2. The summed E-state index contributed by atoms with van der Waals surface area (Å²) < 4.78 is 10.6. The lowest BCUT2D eigenvalue weighted by Gasteiger charge is -2.25. The Morgan fingerprint density at radius 1 is 1.41 bits per heavy atom. The average molecular weight is 307 g/mol. The number of aliphatic imine (C=N–C) groups is 1. The maximum absolute atomic E-state index is 12.0. The fourth-order valence-corrected chi connectivity index (χ4v) is 2.36. The van der Waals surface area contributed by atoms with Gasteiger partial charge in [0.25, 0.3) is 11.9 Å². The van der Waals surface area contributed by atoms with Gasteiger partial charge in [-0.15, -0.1) is 0 Å². The number of ether oxygens (including phenoxy) is 1. The molecule has 6 heteroatoms. The molecule has 1 N–H and O–H groups in total. The highest BCUT2D eigenvalue weighted by Crippen LogP contribution is 2.07. The zero-order valence-corrected chi connectivity index (χ0v) is 13.2. The third kappa shape index (κ3) is 5.52. The largest absolute Gasteiger partial charge is 0.465 e. The number of rotatable bonds is 6. The molecule has 0 aliphatic carbocycles. The minimum atomic E-state index is -0.335. The van der Waals surface area contributed by atoms with Crippen molar-refractivity contribution in [2.24, 2.45) is 4.99 Å². The van der Waals surface area contributed by atoms with E-state index in [1.165, 1.54) is 25.5 Å². The molecule has 0 unspecified atom stereocenters. The summed E-state index contributed by atoms with van der Waals surface area (Å²) >= 11 is 0. The molecule has 0 atom stereocenters. The smallest absolute Gasteiger partial charge is 0.294 e. The lowest BCUT2D eigenvalue weighted by atomic mass is 10.1. The number of hydrogen-bond donors (Lipinski definition) is 1. The van der Waals surface area contributed by atoms with Crippen LogP contribution in [0, 0.1) is 0 Å². The van der Waals surface area contributed by atoms with E-state index in [-0.39, 0.29) is 17.7 Å². The van der Waals surface area contributed by atoms with Crippen LogP contribution < -0.4 is 5.32 Å². The van der Waals surface area contributed by atoms with E-state index >= 15 is 0 Å². The molecule has 122 valence electrons. The molecule has 0 aromatic carbocycles. The predicted octanol–water partition coefficient (Wildman–Crippen LogP) is 2.28. The first-order chi connectivity index (χ1) is 10.8. The van der Waals surface area contributed by atoms with E-state index in [4.69, 9.17) is 9.15 Å². The molecule has 1 amide bonds. The van der Waals surface area contributed by atoms with Crippen LogP contribution in [0.1, 0.15) is 43.2 Å². The molecular formula is C16H25N3O3. The summed E-state index contributed by atoms with van der Waals surface area (Å²) in [6.45, 7) is 6.34. The van der Waals surface area contributed by atoms with E-state index in [2.05, 4.69) is 15.2 Å². The lowest BCUT2D eigenvalue weighted by molar-refractivity contribution is 0.0938. The molecule has 0 spiro atoms. The molecule has 1 aliphatic rings. The monoisotopic (exact) mass is 307 g/mol. The highest BCUT2D eigenvalue weighted by molar-refractivity contribution is 6.02. The van der Waals surface area contributed by atoms with Crippen molar-refractivity contribution in [3.05, 3.63) is 24.2 Å². The summed E-state index contributed by atoms with van der Waals surface area (Å²) in [6, 6.07) is 3.57. The molecule has 0 radical (unpaired) electrons. The first-order valence-electron chi connectivity index (χ1n) is 8.04. The highest BCUT2D eigenvalue weighted by atomic mass is 16.5. The molecule has 0 saturated carbocycles. The van der Waals surface area contributed by atoms with E-state index in [1.54, 1.807) is 12.1 Å². The normalized spacial score (nSPS) is 16.5. The second kappa shape index (κ2) is 9.25. The number of furan rings is 1. The molecule has 1 saturated heterocycles. The third-order valence-electron chi connectivity index (χ3n) is 3.53. The van der Waals surface area contributed by atoms with Gasteiger partial charge < -0.3 is 14.1 Å². The van der Waals surface area contributed by atoms with Gasteiger partial charge in [0.15, 0.2) is 5.76 Å². The van der Waals surface area contributed by atoms with Gasteiger partial charge in [0.05, 0.1) is 19.4 Å². The van der Waals surface area contributed by atoms with Crippen LogP contribution in [-0.2, 0) is 4.74 Å². The third-order valence-corrected chi connectivity index (χ3v) is 3.53. The van der Waals surface area contributed by atoms with Crippen molar-refractivity contribution >= 4 is 11.9 Å². The number of amides is 1. The summed E-state index contributed by atoms with van der Waals surface area (Å²) in [4.78, 5) is 18.8. The Morgan fingerprint density at radius 3 is 2.91 bits per heavy atom. The predicted molar refractivity (Wildman–Crippen MR) is 85.0 cm³/mol. The summed E-state index contributed by atoms with van der Waals surface area (Å²) in [7, 11) is 0. The van der Waals surface area contributed by atoms with Gasteiger partial charge >= 0.3 is 0 Å². The number of piperidine rings is 1. The number of likely N-dealkylation sites (tertiary alicyclic amines) is 1. The number of nitrogens with one attached hydrogen (secondary N) is 1. The van der Waals surface area contributed by atoms with Gasteiger partial charge in [0, 0.05) is 6.54 Å². The van der Waals surface area contributed by atoms with Crippen LogP contribution in [0.3, 0.4) is 0 Å². The number of carbonyl (C=O) groups excluding carboxylic acids is 1. The van der Waals surface area contributed by atoms with Gasteiger partial charge in [0.2, 0.25) is 0 Å². The average Bonchev–Trinajstić information content (AvgIpc) is 3.08. The van der Waals surface area contributed by atoms with Crippen molar-refractivity contribution in [1.29, 1.82) is 0 Å². The summed E-state index contributed by atoms with van der Waals surface area (Å²) in [5.41, 5.74) is 0. The van der Waals surface area contributed by atoms with E-state index in [0.29, 0.717) is 13.2 Å². The first kappa shape index (κ1) is 16.5. The van der Waals surface area contributed by atoms with Crippen LogP contribution in [0.2, 0.25) is 0 Å². The van der Waals surface area contributed by atoms with Crippen molar-refractivity contribution < 1.29 is 13.9 Å². The van der Waals surface area contributed by atoms with Crippen LogP contribution in [0.25, 0.3) is 0 Å². The number of hydrogen-bond acceptors (Lipinski definition) is 5. The quantitative estimate of drug-likeness (QED) is 0.647. The molecular weight excluding hydrogens is 282 g/mol. The van der Waals surface area contributed by atoms with Crippen molar-refractivity contribution in [3.8, 4) is 0 Å². The van der Waals surface area contributed by atoms with Crippen LogP contribution in [0.15, 0.2) is 27.8 Å². The molecule has 1 aromatic rings. The maximum atomic E-state index is 12.0. The van der Waals surface area contributed by atoms with Crippen molar-refractivity contribution in [3.63, 3.8) is 0 Å². The lowest BCUT2D eigenvalue weighted by Crippen LogP contribution is -2.35. The SMILES string of the molecule is CCCOC(=NCCN1CCCCC1)NC(=O)c1ccco1. The number of amidine groups is 1. The zero-order chi connectivity index (χ0) is 15.6. The van der Waals surface area contributed by atoms with Crippen molar-refractivity contribution in [2.75, 3.05) is 32.8 Å². The van der Waals surface area contributed by atoms with Gasteiger partial charge in [-0.25, -0.2) is 4.99 Å². The molecule has 1 aliphatic heterocycles. The minimum Gasteiger partial charge on any atom is -0.465 e. The summed E-state index contributed by atoms with van der Waals surface area (Å²) in [6.07, 6.45) is 6.18. The van der Waals surface area contributed by atoms with Gasteiger partial charge in [-0.3, -0.25) is 10.1 Å². The Labute approximate surface area is 131 Å². The standard InChI is InChI=1S/C16H25N3O3/c1-2-12-22-16(18-15(20)14-7-6-13-21-14)17-8-11-19-9-4-3-5-10-19/h6-7,13H,2-5,8-12H2,1H3,(H,17,18,20). The van der Waals surface area contributed by atoms with E-state index in [1.807, 2.05) is 6.92 Å². The topological polar surface area (TPSA) is 67.1 Å². The van der Waals surface area contributed by atoms with Gasteiger partial charge in [-0.2, -0.15) is 0 Å². The molecule has 2 rings (SSSR count). The van der Waals surface area contributed by atoms with Gasteiger partial charge in [-0.1, -0.05) is 13.3 Å². The molecule has 2 heterocycles.